The van der Waals surface area contributed by atoms with E-state index in [1.807, 2.05) is 18.2 Å². The van der Waals surface area contributed by atoms with Crippen LogP contribution in [0.25, 0.3) is 0 Å². The second-order valence-electron chi connectivity index (χ2n) is 5.81. The number of benzene rings is 1. The fourth-order valence-electron chi connectivity index (χ4n) is 2.56. The zero-order chi connectivity index (χ0) is 15.5. The molecule has 1 heterocycles. The lowest BCUT2D eigenvalue weighted by Gasteiger charge is -2.32. The van der Waals surface area contributed by atoms with E-state index in [0.29, 0.717) is 23.9 Å². The summed E-state index contributed by atoms with van der Waals surface area (Å²) >= 11 is 6.09. The Morgan fingerprint density at radius 2 is 2.00 bits per heavy atom. The molecule has 1 aromatic rings. The molecule has 0 radical (unpaired) electrons. The number of carbonyl (C=O) groups excluding carboxylic acids is 2. The predicted octanol–water partition coefficient (Wildman–Crippen LogP) is 1.99. The monoisotopic (exact) mass is 322 g/mol. The normalized spacial score (nSPS) is 21.3. The van der Waals surface area contributed by atoms with Crippen molar-refractivity contribution in [2.24, 2.45) is 0 Å². The minimum atomic E-state index is -0.499. The maximum absolute atomic E-state index is 12.2. The fraction of sp³-hybridized carbons (Fsp3) is 0.500. The number of carbonyl (C=O) groups is 2. The first-order valence-electron chi connectivity index (χ1n) is 7.64. The van der Waals surface area contributed by atoms with E-state index >= 15 is 0 Å². The van der Waals surface area contributed by atoms with Crippen LogP contribution in [-0.4, -0.2) is 41.9 Å². The Hall–Kier alpha value is -1.75. The van der Waals surface area contributed by atoms with Crippen LogP contribution in [0.1, 0.15) is 25.7 Å². The molecule has 2 fully saturated rings. The molecular formula is C16H19ClN2O3. The number of likely N-dealkylation sites (tertiary alicyclic amines) is 1. The van der Waals surface area contributed by atoms with Crippen molar-refractivity contribution in [3.05, 3.63) is 29.3 Å². The van der Waals surface area contributed by atoms with Crippen LogP contribution >= 0.6 is 11.6 Å². The number of para-hydroxylation sites is 1. The zero-order valence-corrected chi connectivity index (χ0v) is 13.0. The highest BCUT2D eigenvalue weighted by Gasteiger charge is 2.32. The summed E-state index contributed by atoms with van der Waals surface area (Å²) in [4.78, 5) is 25.6. The molecule has 118 valence electrons. The summed E-state index contributed by atoms with van der Waals surface area (Å²) in [6, 6.07) is 7.47. The van der Waals surface area contributed by atoms with Gasteiger partial charge in [-0.3, -0.25) is 9.59 Å². The summed E-state index contributed by atoms with van der Waals surface area (Å²) < 4.78 is 5.88. The maximum atomic E-state index is 12.2. The average Bonchev–Trinajstić information content (AvgIpc) is 3.33. The summed E-state index contributed by atoms with van der Waals surface area (Å²) in [5, 5.41) is 3.29. The standard InChI is InChI=1S/C16H19ClN2O3/c17-13-5-1-2-6-14(13)22-12-4-3-9-19(10-12)16(21)15(20)18-11-7-8-11/h1-2,5-6,11-12H,3-4,7-10H2,(H,18,20). The highest BCUT2D eigenvalue weighted by atomic mass is 35.5. The van der Waals surface area contributed by atoms with Crippen molar-refractivity contribution in [2.45, 2.75) is 37.8 Å². The Bertz CT molecular complexity index is 574. The molecule has 0 aromatic heterocycles. The van der Waals surface area contributed by atoms with Crippen LogP contribution in [0.3, 0.4) is 0 Å². The number of halogens is 1. The lowest BCUT2D eigenvalue weighted by atomic mass is 10.1. The molecule has 1 aliphatic heterocycles. The number of piperidine rings is 1. The molecule has 0 bridgehead atoms. The van der Waals surface area contributed by atoms with Crippen molar-refractivity contribution >= 4 is 23.4 Å². The summed E-state index contributed by atoms with van der Waals surface area (Å²) in [6.45, 7) is 1.02. The second-order valence-corrected chi connectivity index (χ2v) is 6.22. The van der Waals surface area contributed by atoms with Gasteiger partial charge < -0.3 is 15.0 Å². The molecule has 1 aliphatic carbocycles. The summed E-state index contributed by atoms with van der Waals surface area (Å²) in [6.07, 6.45) is 3.47. The largest absolute Gasteiger partial charge is 0.487 e. The van der Waals surface area contributed by atoms with Crippen molar-refractivity contribution in [1.82, 2.24) is 10.2 Å². The minimum Gasteiger partial charge on any atom is -0.487 e. The Morgan fingerprint density at radius 3 is 2.73 bits per heavy atom. The van der Waals surface area contributed by atoms with Crippen molar-refractivity contribution in [3.63, 3.8) is 0 Å². The highest BCUT2D eigenvalue weighted by molar-refractivity contribution is 6.35. The second kappa shape index (κ2) is 6.57. The molecular weight excluding hydrogens is 304 g/mol. The number of nitrogens with zero attached hydrogens (tertiary/aromatic N) is 1. The van der Waals surface area contributed by atoms with Gasteiger partial charge in [0.05, 0.1) is 11.6 Å². The number of nitrogens with one attached hydrogen (secondary N) is 1. The molecule has 1 saturated carbocycles. The van der Waals surface area contributed by atoms with E-state index in [0.717, 1.165) is 25.7 Å². The van der Waals surface area contributed by atoms with Gasteiger partial charge >= 0.3 is 11.8 Å². The van der Waals surface area contributed by atoms with Gasteiger partial charge in [0.25, 0.3) is 0 Å². The Morgan fingerprint density at radius 1 is 1.23 bits per heavy atom. The van der Waals surface area contributed by atoms with Crippen molar-refractivity contribution in [2.75, 3.05) is 13.1 Å². The van der Waals surface area contributed by atoms with E-state index in [2.05, 4.69) is 5.32 Å². The molecule has 2 amide bonds. The number of rotatable bonds is 3. The summed E-state index contributed by atoms with van der Waals surface area (Å²) in [5.74, 6) is -0.342. The predicted molar refractivity (Wildman–Crippen MR) is 82.8 cm³/mol. The van der Waals surface area contributed by atoms with Gasteiger partial charge in [-0.05, 0) is 37.8 Å². The Balaban J connectivity index is 1.57. The maximum Gasteiger partial charge on any atom is 0.312 e. The van der Waals surface area contributed by atoms with Crippen LogP contribution in [0.4, 0.5) is 0 Å². The van der Waals surface area contributed by atoms with E-state index < -0.39 is 11.8 Å². The zero-order valence-electron chi connectivity index (χ0n) is 12.3. The number of amides is 2. The third-order valence-electron chi connectivity index (χ3n) is 3.90. The third kappa shape index (κ3) is 3.71. The third-order valence-corrected chi connectivity index (χ3v) is 4.21. The van der Waals surface area contributed by atoms with Gasteiger partial charge in [-0.25, -0.2) is 0 Å². The summed E-state index contributed by atoms with van der Waals surface area (Å²) in [5.41, 5.74) is 0. The van der Waals surface area contributed by atoms with E-state index in [1.54, 1.807) is 11.0 Å². The van der Waals surface area contributed by atoms with Gasteiger partial charge in [0.1, 0.15) is 11.9 Å². The Labute approximate surface area is 134 Å². The lowest BCUT2D eigenvalue weighted by Crippen LogP contribution is -2.50. The molecule has 1 unspecified atom stereocenters. The minimum absolute atomic E-state index is 0.133. The Kier molecular flexibility index (Phi) is 4.52. The van der Waals surface area contributed by atoms with Crippen molar-refractivity contribution < 1.29 is 14.3 Å². The van der Waals surface area contributed by atoms with E-state index in [9.17, 15) is 9.59 Å². The topological polar surface area (TPSA) is 58.6 Å². The van der Waals surface area contributed by atoms with Crippen molar-refractivity contribution in [1.29, 1.82) is 0 Å². The molecule has 2 aliphatic rings. The molecule has 1 aromatic carbocycles. The van der Waals surface area contributed by atoms with E-state index in [1.165, 1.54) is 0 Å². The lowest BCUT2D eigenvalue weighted by molar-refractivity contribution is -0.147. The highest BCUT2D eigenvalue weighted by Crippen LogP contribution is 2.26. The van der Waals surface area contributed by atoms with Crippen LogP contribution in [0.15, 0.2) is 24.3 Å². The molecule has 6 heteroatoms. The molecule has 5 nitrogen and oxygen atoms in total. The SMILES string of the molecule is O=C(NC1CC1)C(=O)N1CCCC(Oc2ccccc2Cl)C1. The van der Waals surface area contributed by atoms with Gasteiger partial charge in [-0.2, -0.15) is 0 Å². The molecule has 0 spiro atoms. The molecule has 1 N–H and O–H groups in total. The van der Waals surface area contributed by atoms with Gasteiger partial charge in [0.2, 0.25) is 0 Å². The smallest absolute Gasteiger partial charge is 0.312 e. The fourth-order valence-corrected chi connectivity index (χ4v) is 2.74. The first-order chi connectivity index (χ1) is 10.6. The van der Waals surface area contributed by atoms with Gasteiger partial charge in [-0.15, -0.1) is 0 Å². The van der Waals surface area contributed by atoms with Gasteiger partial charge in [-0.1, -0.05) is 23.7 Å². The number of ether oxygens (including phenoxy) is 1. The number of hydrogen-bond donors (Lipinski definition) is 1. The summed E-state index contributed by atoms with van der Waals surface area (Å²) in [7, 11) is 0. The van der Waals surface area contributed by atoms with Crippen LogP contribution in [0.5, 0.6) is 5.75 Å². The van der Waals surface area contributed by atoms with E-state index in [-0.39, 0.29) is 12.1 Å². The molecule has 22 heavy (non-hydrogen) atoms. The first kappa shape index (κ1) is 15.2. The first-order valence-corrected chi connectivity index (χ1v) is 8.02. The van der Waals surface area contributed by atoms with E-state index in [4.69, 9.17) is 16.3 Å². The quantitative estimate of drug-likeness (QED) is 0.866. The van der Waals surface area contributed by atoms with Crippen LogP contribution in [0, 0.1) is 0 Å². The number of hydrogen-bond acceptors (Lipinski definition) is 3. The van der Waals surface area contributed by atoms with Crippen LogP contribution in [-0.2, 0) is 9.59 Å². The van der Waals surface area contributed by atoms with Crippen molar-refractivity contribution in [3.8, 4) is 5.75 Å². The average molecular weight is 323 g/mol. The molecule has 1 atom stereocenters. The molecule has 3 rings (SSSR count). The van der Waals surface area contributed by atoms with Crippen LogP contribution in [0.2, 0.25) is 5.02 Å². The van der Waals surface area contributed by atoms with Crippen LogP contribution < -0.4 is 10.1 Å². The van der Waals surface area contributed by atoms with Gasteiger partial charge in [0.15, 0.2) is 0 Å². The molecule has 1 saturated heterocycles. The van der Waals surface area contributed by atoms with Gasteiger partial charge in [0, 0.05) is 12.6 Å².